The fraction of sp³-hybridized carbons (Fsp3) is 0.241. The lowest BCUT2D eigenvalue weighted by Crippen LogP contribution is -2.32. The van der Waals surface area contributed by atoms with Gasteiger partial charge in [0.1, 0.15) is 4.83 Å². The Hall–Kier alpha value is -2.93. The molecule has 0 saturated carbocycles. The van der Waals surface area contributed by atoms with Crippen molar-refractivity contribution >= 4 is 44.1 Å². The third-order valence-corrected chi connectivity index (χ3v) is 8.75. The van der Waals surface area contributed by atoms with Gasteiger partial charge in [-0.25, -0.2) is 4.98 Å². The maximum absolute atomic E-state index is 14.1. The average molecular weight is 499 g/mol. The Kier molecular flexibility index (Phi) is 5.55. The van der Waals surface area contributed by atoms with Crippen LogP contribution in [0.4, 0.5) is 0 Å². The first-order valence-corrected chi connectivity index (χ1v) is 13.6. The standard InChI is InChI=1S/C29H26N2O2S2/c1-18-9-4-7-14-23(18)31-27(32)25-22-15-29(2,3)33-16-24(22)35-26(25)30-28(31)34-17-20-12-8-11-19-10-5-6-13-21(19)20/h4-14H,15-17H2,1-3H3. The molecule has 2 aromatic heterocycles. The lowest BCUT2D eigenvalue weighted by molar-refractivity contribution is -0.0379. The number of aromatic nitrogens is 2. The highest BCUT2D eigenvalue weighted by molar-refractivity contribution is 7.98. The fourth-order valence-corrected chi connectivity index (χ4v) is 7.01. The van der Waals surface area contributed by atoms with Gasteiger partial charge in [0.05, 0.1) is 23.3 Å². The molecule has 3 heterocycles. The summed E-state index contributed by atoms with van der Waals surface area (Å²) in [7, 11) is 0. The molecule has 6 rings (SSSR count). The van der Waals surface area contributed by atoms with Crippen molar-refractivity contribution in [2.75, 3.05) is 0 Å². The summed E-state index contributed by atoms with van der Waals surface area (Å²) in [6.07, 6.45) is 0.718. The predicted octanol–water partition coefficient (Wildman–Crippen LogP) is 7.05. The Morgan fingerprint density at radius 1 is 1.06 bits per heavy atom. The number of thioether (sulfide) groups is 1. The predicted molar refractivity (Wildman–Crippen MR) is 146 cm³/mol. The van der Waals surface area contributed by atoms with Crippen LogP contribution in [0.25, 0.3) is 26.7 Å². The van der Waals surface area contributed by atoms with Gasteiger partial charge in [0, 0.05) is 17.1 Å². The molecule has 0 bridgehead atoms. The van der Waals surface area contributed by atoms with Crippen LogP contribution in [0.3, 0.4) is 0 Å². The molecular weight excluding hydrogens is 472 g/mol. The van der Waals surface area contributed by atoms with Gasteiger partial charge in [-0.3, -0.25) is 9.36 Å². The van der Waals surface area contributed by atoms with E-state index in [1.54, 1.807) is 23.1 Å². The summed E-state index contributed by atoms with van der Waals surface area (Å²) in [4.78, 5) is 21.2. The molecule has 0 radical (unpaired) electrons. The van der Waals surface area contributed by atoms with Gasteiger partial charge >= 0.3 is 0 Å². The molecule has 0 amide bonds. The number of nitrogens with zero attached hydrogens (tertiary/aromatic N) is 2. The van der Waals surface area contributed by atoms with Gasteiger partial charge in [0.25, 0.3) is 5.56 Å². The first kappa shape index (κ1) is 22.5. The van der Waals surface area contributed by atoms with E-state index >= 15 is 0 Å². The van der Waals surface area contributed by atoms with Crippen LogP contribution in [0.2, 0.25) is 0 Å². The van der Waals surface area contributed by atoms with Crippen molar-refractivity contribution in [1.29, 1.82) is 0 Å². The number of aryl methyl sites for hydroxylation is 1. The third-order valence-electron chi connectivity index (χ3n) is 6.67. The summed E-state index contributed by atoms with van der Waals surface area (Å²) in [6.45, 7) is 6.75. The molecule has 0 fully saturated rings. The second-order valence-corrected chi connectivity index (χ2v) is 11.7. The second-order valence-electron chi connectivity index (χ2n) is 9.66. The van der Waals surface area contributed by atoms with E-state index in [2.05, 4.69) is 56.3 Å². The van der Waals surface area contributed by atoms with Gasteiger partial charge < -0.3 is 4.74 Å². The molecular formula is C29H26N2O2S2. The van der Waals surface area contributed by atoms with Gasteiger partial charge in [0.15, 0.2) is 5.16 Å². The highest BCUT2D eigenvalue weighted by atomic mass is 32.2. The van der Waals surface area contributed by atoms with Crippen LogP contribution in [0.1, 0.15) is 35.4 Å². The molecule has 35 heavy (non-hydrogen) atoms. The van der Waals surface area contributed by atoms with Crippen molar-refractivity contribution in [2.45, 2.75) is 50.3 Å². The molecule has 0 unspecified atom stereocenters. The SMILES string of the molecule is Cc1ccccc1-n1c(SCc2cccc3ccccc23)nc2sc3c(c2c1=O)CC(C)(C)OC3. The minimum absolute atomic E-state index is 0.0138. The van der Waals surface area contributed by atoms with Crippen molar-refractivity contribution in [3.63, 3.8) is 0 Å². The van der Waals surface area contributed by atoms with Crippen LogP contribution in [0.5, 0.6) is 0 Å². The van der Waals surface area contributed by atoms with Crippen molar-refractivity contribution in [2.24, 2.45) is 0 Å². The maximum Gasteiger partial charge on any atom is 0.267 e. The van der Waals surface area contributed by atoms with Gasteiger partial charge in [-0.1, -0.05) is 72.4 Å². The van der Waals surface area contributed by atoms with E-state index in [-0.39, 0.29) is 11.2 Å². The second kappa shape index (κ2) is 8.63. The van der Waals surface area contributed by atoms with E-state index in [0.29, 0.717) is 6.61 Å². The monoisotopic (exact) mass is 498 g/mol. The minimum Gasteiger partial charge on any atom is -0.370 e. The van der Waals surface area contributed by atoms with E-state index in [1.807, 2.05) is 35.8 Å². The number of hydrogen-bond donors (Lipinski definition) is 0. The van der Waals surface area contributed by atoms with E-state index in [4.69, 9.17) is 9.72 Å². The third kappa shape index (κ3) is 3.99. The number of hydrogen-bond acceptors (Lipinski definition) is 5. The Labute approximate surface area is 212 Å². The molecule has 0 aliphatic carbocycles. The number of fused-ring (bicyclic) bond motifs is 4. The normalized spacial score (nSPS) is 14.9. The molecule has 176 valence electrons. The number of benzene rings is 3. The van der Waals surface area contributed by atoms with Crippen LogP contribution in [-0.4, -0.2) is 15.2 Å². The van der Waals surface area contributed by atoms with Crippen LogP contribution >= 0.6 is 23.1 Å². The lowest BCUT2D eigenvalue weighted by Gasteiger charge is -2.30. The summed E-state index contributed by atoms with van der Waals surface area (Å²) in [5.41, 5.74) is 4.00. The summed E-state index contributed by atoms with van der Waals surface area (Å²) in [5, 5.41) is 3.93. The van der Waals surface area contributed by atoms with Gasteiger partial charge in [-0.2, -0.15) is 0 Å². The highest BCUT2D eigenvalue weighted by Crippen LogP contribution is 2.38. The summed E-state index contributed by atoms with van der Waals surface area (Å²) in [5.74, 6) is 0.729. The average Bonchev–Trinajstić information content (AvgIpc) is 3.20. The number of rotatable bonds is 4. The van der Waals surface area contributed by atoms with Crippen molar-refractivity contribution in [3.05, 3.63) is 98.7 Å². The molecule has 3 aromatic carbocycles. The number of thiophene rings is 1. The fourth-order valence-electron chi connectivity index (χ4n) is 4.86. The minimum atomic E-state index is -0.289. The molecule has 1 aliphatic heterocycles. The number of para-hydroxylation sites is 1. The Balaban J connectivity index is 1.52. The van der Waals surface area contributed by atoms with E-state index in [1.165, 1.54) is 16.3 Å². The quantitative estimate of drug-likeness (QED) is 0.197. The number of ether oxygens (including phenoxy) is 1. The van der Waals surface area contributed by atoms with Gasteiger partial charge in [0.2, 0.25) is 0 Å². The van der Waals surface area contributed by atoms with Crippen molar-refractivity contribution < 1.29 is 4.74 Å². The molecule has 6 heteroatoms. The summed E-state index contributed by atoms with van der Waals surface area (Å²) < 4.78 is 7.86. The lowest BCUT2D eigenvalue weighted by atomic mass is 9.94. The summed E-state index contributed by atoms with van der Waals surface area (Å²) in [6, 6.07) is 22.9. The molecule has 5 aromatic rings. The molecule has 4 nitrogen and oxygen atoms in total. The Bertz CT molecular complexity index is 1640. The van der Waals surface area contributed by atoms with Crippen LogP contribution in [-0.2, 0) is 23.5 Å². The van der Waals surface area contributed by atoms with Crippen molar-refractivity contribution in [3.8, 4) is 5.69 Å². The van der Waals surface area contributed by atoms with Crippen LogP contribution in [0, 0.1) is 6.92 Å². The zero-order chi connectivity index (χ0) is 24.2. The van der Waals surface area contributed by atoms with Gasteiger partial charge in [-0.15, -0.1) is 11.3 Å². The highest BCUT2D eigenvalue weighted by Gasteiger charge is 2.31. The molecule has 0 N–H and O–H groups in total. The first-order chi connectivity index (χ1) is 16.9. The molecule has 0 saturated heterocycles. The van der Waals surface area contributed by atoms with Gasteiger partial charge in [-0.05, 0) is 54.3 Å². The van der Waals surface area contributed by atoms with Crippen LogP contribution < -0.4 is 5.56 Å². The Morgan fingerprint density at radius 3 is 2.69 bits per heavy atom. The zero-order valence-electron chi connectivity index (χ0n) is 20.0. The molecule has 0 spiro atoms. The van der Waals surface area contributed by atoms with Crippen molar-refractivity contribution in [1.82, 2.24) is 9.55 Å². The van der Waals surface area contributed by atoms with E-state index in [0.717, 1.165) is 49.2 Å². The van der Waals surface area contributed by atoms with E-state index in [9.17, 15) is 4.79 Å². The molecule has 0 atom stereocenters. The van der Waals surface area contributed by atoms with Crippen LogP contribution in [0.15, 0.2) is 76.7 Å². The largest absolute Gasteiger partial charge is 0.370 e. The smallest absolute Gasteiger partial charge is 0.267 e. The maximum atomic E-state index is 14.1. The zero-order valence-corrected chi connectivity index (χ0v) is 21.6. The Morgan fingerprint density at radius 2 is 1.83 bits per heavy atom. The topological polar surface area (TPSA) is 44.1 Å². The first-order valence-electron chi connectivity index (χ1n) is 11.8. The van der Waals surface area contributed by atoms with E-state index < -0.39 is 0 Å². The molecule has 1 aliphatic rings. The summed E-state index contributed by atoms with van der Waals surface area (Å²) >= 11 is 3.22.